The second kappa shape index (κ2) is 4.30. The first-order chi connectivity index (χ1) is 5.08. The molecule has 0 aromatic heterocycles. The van der Waals surface area contributed by atoms with Crippen molar-refractivity contribution in [2.45, 2.75) is 0 Å². The van der Waals surface area contributed by atoms with Gasteiger partial charge < -0.3 is 0 Å². The van der Waals surface area contributed by atoms with Crippen LogP contribution in [0.3, 0.4) is 0 Å². The molecule has 0 amide bonds. The maximum atomic E-state index is 5.60. The van der Waals surface area contributed by atoms with Crippen LogP contribution < -0.4 is 4.52 Å². The van der Waals surface area contributed by atoms with Crippen LogP contribution in [0.4, 0.5) is 0 Å². The molecule has 60 valence electrons. The molecule has 1 rings (SSSR count). The number of rotatable bonds is 2. The van der Waals surface area contributed by atoms with E-state index in [1.165, 1.54) is 0 Å². The van der Waals surface area contributed by atoms with E-state index in [9.17, 15) is 0 Å². The molecule has 5 heteroatoms. The van der Waals surface area contributed by atoms with Gasteiger partial charge in [0, 0.05) is 0 Å². The van der Waals surface area contributed by atoms with E-state index in [4.69, 9.17) is 4.52 Å². The quantitative estimate of drug-likeness (QED) is 0.556. The van der Waals surface area contributed by atoms with Gasteiger partial charge in [-0.1, -0.05) is 0 Å². The number of para-hydroxylation sites is 1. The molecule has 0 fully saturated rings. The Morgan fingerprint density at radius 1 is 1.18 bits per heavy atom. The minimum atomic E-state index is -1.39. The van der Waals surface area contributed by atoms with Crippen LogP contribution in [0.5, 0.6) is 5.75 Å². The second-order valence-electron chi connectivity index (χ2n) is 1.89. The van der Waals surface area contributed by atoms with Crippen molar-refractivity contribution in [2.75, 3.05) is 0 Å². The molecular formula is C6H7OPSe3. The van der Waals surface area contributed by atoms with Crippen LogP contribution >= 0.6 is 3.11 Å². The molecule has 0 heterocycles. The normalized spacial score (nSPS) is 11.1. The molecular weight excluding hydrogens is 356 g/mol. The molecule has 0 aliphatic heterocycles. The van der Waals surface area contributed by atoms with Crippen molar-refractivity contribution in [3.8, 4) is 5.75 Å². The molecule has 0 saturated carbocycles. The van der Waals surface area contributed by atoms with Gasteiger partial charge in [-0.25, -0.2) is 0 Å². The van der Waals surface area contributed by atoms with E-state index in [2.05, 4.69) is 46.2 Å². The number of benzene rings is 1. The van der Waals surface area contributed by atoms with E-state index in [0.29, 0.717) is 0 Å². The third-order valence-electron chi connectivity index (χ3n) is 0.968. The fraction of sp³-hybridized carbons (Fsp3) is 0. The van der Waals surface area contributed by atoms with Gasteiger partial charge in [0.15, 0.2) is 0 Å². The van der Waals surface area contributed by atoms with Crippen LogP contribution in [0.2, 0.25) is 0 Å². The Kier molecular flexibility index (Phi) is 3.95. The van der Waals surface area contributed by atoms with E-state index < -0.39 is 3.11 Å². The molecule has 0 unspecified atom stereocenters. The summed E-state index contributed by atoms with van der Waals surface area (Å²) in [5.41, 5.74) is 0. The molecule has 0 N–H and O–H groups in total. The summed E-state index contributed by atoms with van der Waals surface area (Å²) in [6.07, 6.45) is 0. The number of hydrogen-bond acceptors (Lipinski definition) is 1. The van der Waals surface area contributed by atoms with Crippen molar-refractivity contribution in [1.82, 2.24) is 0 Å². The Morgan fingerprint density at radius 2 is 1.73 bits per heavy atom. The van der Waals surface area contributed by atoms with E-state index in [-0.39, 0.29) is 0 Å². The Hall–Kier alpha value is 1.01. The van der Waals surface area contributed by atoms with E-state index in [1.54, 1.807) is 0 Å². The van der Waals surface area contributed by atoms with E-state index in [1.807, 2.05) is 30.3 Å². The standard InChI is InChI=1S/C6H7OPSe3/c9-8(10,11)7-6-4-2-1-3-5-6/h1-5H,(H2,9,10,11). The monoisotopic (exact) mass is 366 g/mol. The zero-order valence-electron chi connectivity index (χ0n) is 5.54. The average molecular weight is 363 g/mol. The topological polar surface area (TPSA) is 9.23 Å². The first kappa shape index (κ1) is 10.1. The molecule has 0 aliphatic rings. The van der Waals surface area contributed by atoms with Gasteiger partial charge in [0.05, 0.1) is 0 Å². The summed E-state index contributed by atoms with van der Waals surface area (Å²) in [6.45, 7) is 0. The molecule has 11 heavy (non-hydrogen) atoms. The third-order valence-corrected chi connectivity index (χ3v) is 2.91. The SMILES string of the molecule is [Se]=P([SeH])([SeH])Oc1ccccc1. The Morgan fingerprint density at radius 3 is 2.18 bits per heavy atom. The summed E-state index contributed by atoms with van der Waals surface area (Å²) >= 11 is 8.04. The first-order valence-electron chi connectivity index (χ1n) is 2.88. The van der Waals surface area contributed by atoms with Gasteiger partial charge in [-0.3, -0.25) is 0 Å². The summed E-state index contributed by atoms with van der Waals surface area (Å²) in [6, 6.07) is 9.80. The number of hydrogen-bond donors (Lipinski definition) is 0. The fourth-order valence-corrected chi connectivity index (χ4v) is 2.74. The van der Waals surface area contributed by atoms with Crippen LogP contribution in [0, 0.1) is 0 Å². The van der Waals surface area contributed by atoms with Gasteiger partial charge in [-0.15, -0.1) is 0 Å². The van der Waals surface area contributed by atoms with Gasteiger partial charge in [0.25, 0.3) is 0 Å². The molecule has 1 aromatic carbocycles. The first-order valence-corrected chi connectivity index (χ1v) is 11.7. The van der Waals surface area contributed by atoms with Crippen LogP contribution in [-0.4, -0.2) is 46.2 Å². The third kappa shape index (κ3) is 4.55. The Labute approximate surface area is 89.4 Å². The van der Waals surface area contributed by atoms with Gasteiger partial charge in [-0.05, 0) is 0 Å². The van der Waals surface area contributed by atoms with Gasteiger partial charge in [-0.2, -0.15) is 0 Å². The molecule has 1 nitrogen and oxygen atoms in total. The zero-order chi connectivity index (χ0) is 8.32. The molecule has 0 aliphatic carbocycles. The minimum absolute atomic E-state index is 0.917. The second-order valence-corrected chi connectivity index (χ2v) is 25.8. The van der Waals surface area contributed by atoms with Crippen LogP contribution in [0.25, 0.3) is 0 Å². The molecule has 0 spiro atoms. The van der Waals surface area contributed by atoms with Crippen LogP contribution in [-0.2, 0) is 0 Å². The molecule has 1 aromatic rings. The predicted octanol–water partition coefficient (Wildman–Crippen LogP) is 0.713. The summed E-state index contributed by atoms with van der Waals surface area (Å²) in [4.78, 5) is 0. The average Bonchev–Trinajstić information content (AvgIpc) is 1.85. The van der Waals surface area contributed by atoms with E-state index >= 15 is 0 Å². The Bertz CT molecular complexity index is 268. The summed E-state index contributed by atoms with van der Waals surface area (Å²) in [5.74, 6) is 0.917. The molecule has 0 radical (unpaired) electrons. The molecule has 0 saturated heterocycles. The van der Waals surface area contributed by atoms with Crippen LogP contribution in [0.15, 0.2) is 30.3 Å². The molecule has 0 atom stereocenters. The van der Waals surface area contributed by atoms with Gasteiger partial charge in [0.1, 0.15) is 0 Å². The van der Waals surface area contributed by atoms with Crippen molar-refractivity contribution in [3.63, 3.8) is 0 Å². The van der Waals surface area contributed by atoms with Gasteiger partial charge in [0.2, 0.25) is 0 Å². The predicted molar refractivity (Wildman–Crippen MR) is 54.0 cm³/mol. The fourth-order valence-electron chi connectivity index (χ4n) is 0.619. The Balaban J connectivity index is 2.74. The van der Waals surface area contributed by atoms with Crippen molar-refractivity contribution in [2.24, 2.45) is 0 Å². The van der Waals surface area contributed by atoms with Crippen molar-refractivity contribution in [1.29, 1.82) is 0 Å². The summed E-state index contributed by atoms with van der Waals surface area (Å²) in [5, 5.41) is 0. The van der Waals surface area contributed by atoms with Crippen LogP contribution in [0.1, 0.15) is 0 Å². The van der Waals surface area contributed by atoms with Crippen molar-refractivity contribution < 1.29 is 4.52 Å². The molecule has 0 bridgehead atoms. The zero-order valence-corrected chi connectivity index (χ0v) is 11.9. The van der Waals surface area contributed by atoms with Crippen molar-refractivity contribution >= 4 is 49.4 Å². The van der Waals surface area contributed by atoms with E-state index in [0.717, 1.165) is 5.75 Å². The van der Waals surface area contributed by atoms with Gasteiger partial charge >= 0.3 is 90.0 Å². The maximum absolute atomic E-state index is 5.60. The summed E-state index contributed by atoms with van der Waals surface area (Å²) in [7, 11) is 0. The summed E-state index contributed by atoms with van der Waals surface area (Å²) < 4.78 is 4.21. The van der Waals surface area contributed by atoms with Crippen molar-refractivity contribution in [3.05, 3.63) is 30.3 Å².